The molecule has 0 bridgehead atoms. The highest BCUT2D eigenvalue weighted by molar-refractivity contribution is 7.90. The Labute approximate surface area is 121 Å². The quantitative estimate of drug-likeness (QED) is 0.924. The van der Waals surface area contributed by atoms with Crippen molar-refractivity contribution in [2.75, 3.05) is 11.6 Å². The topological polar surface area (TPSA) is 46.2 Å². The van der Waals surface area contributed by atoms with Crippen molar-refractivity contribution in [3.05, 3.63) is 24.3 Å². The minimum atomic E-state index is -3.16. The fraction of sp³-hybridized carbons (Fsp3) is 0.625. The van der Waals surface area contributed by atoms with Gasteiger partial charge in [-0.25, -0.2) is 8.42 Å². The summed E-state index contributed by atoms with van der Waals surface area (Å²) < 4.78 is 23.7. The molecular weight excluding hydrogens is 270 g/mol. The Kier molecular flexibility index (Phi) is 3.76. The molecule has 1 N–H and O–H groups in total. The molecule has 2 aliphatic rings. The summed E-state index contributed by atoms with van der Waals surface area (Å²) in [4.78, 5) is 0.425. The van der Waals surface area contributed by atoms with Gasteiger partial charge in [0, 0.05) is 12.3 Å². The molecule has 0 aliphatic heterocycles. The van der Waals surface area contributed by atoms with E-state index >= 15 is 0 Å². The van der Waals surface area contributed by atoms with Crippen molar-refractivity contribution in [1.82, 2.24) is 0 Å². The van der Waals surface area contributed by atoms with Gasteiger partial charge in [-0.3, -0.25) is 0 Å². The highest BCUT2D eigenvalue weighted by Crippen LogP contribution is 2.44. The molecule has 110 valence electrons. The van der Waals surface area contributed by atoms with Crippen molar-refractivity contribution in [2.24, 2.45) is 11.8 Å². The Morgan fingerprint density at radius 3 is 2.50 bits per heavy atom. The molecular formula is C16H23NO2S. The molecule has 2 atom stereocenters. The van der Waals surface area contributed by atoms with Gasteiger partial charge in [-0.1, -0.05) is 25.0 Å². The Morgan fingerprint density at radius 1 is 1.05 bits per heavy atom. The molecule has 4 heteroatoms. The van der Waals surface area contributed by atoms with Gasteiger partial charge in [-0.2, -0.15) is 0 Å². The van der Waals surface area contributed by atoms with Crippen LogP contribution in [0, 0.1) is 11.8 Å². The second-order valence-electron chi connectivity index (χ2n) is 6.37. The van der Waals surface area contributed by atoms with E-state index in [1.54, 1.807) is 12.1 Å². The number of sulfone groups is 1. The minimum absolute atomic E-state index is 0.425. The first kappa shape index (κ1) is 13.9. The maximum atomic E-state index is 11.8. The van der Waals surface area contributed by atoms with Gasteiger partial charge in [0.1, 0.15) is 0 Å². The van der Waals surface area contributed by atoms with Crippen LogP contribution < -0.4 is 5.32 Å². The van der Waals surface area contributed by atoms with E-state index in [0.717, 1.165) is 23.9 Å². The first-order valence-corrected chi connectivity index (χ1v) is 9.49. The van der Waals surface area contributed by atoms with Crippen LogP contribution >= 0.6 is 0 Å². The van der Waals surface area contributed by atoms with Crippen LogP contribution in [0.4, 0.5) is 5.69 Å². The van der Waals surface area contributed by atoms with Crippen molar-refractivity contribution in [2.45, 2.75) is 49.5 Å². The molecule has 0 saturated heterocycles. The van der Waals surface area contributed by atoms with Crippen molar-refractivity contribution in [3.63, 3.8) is 0 Å². The van der Waals surface area contributed by atoms with Gasteiger partial charge >= 0.3 is 0 Å². The van der Waals surface area contributed by atoms with E-state index in [4.69, 9.17) is 0 Å². The van der Waals surface area contributed by atoms with Gasteiger partial charge in [-0.05, 0) is 49.7 Å². The molecule has 3 nitrogen and oxygen atoms in total. The number of anilines is 1. The average Bonchev–Trinajstić information content (AvgIpc) is 3.23. The highest BCUT2D eigenvalue weighted by atomic mass is 32.2. The lowest BCUT2D eigenvalue weighted by atomic mass is 9.82. The lowest BCUT2D eigenvalue weighted by Gasteiger charge is -2.31. The van der Waals surface area contributed by atoms with Crippen LogP contribution in [-0.4, -0.2) is 20.7 Å². The third kappa shape index (κ3) is 3.17. The van der Waals surface area contributed by atoms with E-state index in [0.29, 0.717) is 10.9 Å². The molecule has 2 fully saturated rings. The number of rotatable bonds is 4. The summed E-state index contributed by atoms with van der Waals surface area (Å²) >= 11 is 0. The molecule has 2 unspecified atom stereocenters. The number of benzene rings is 1. The van der Waals surface area contributed by atoms with Gasteiger partial charge in [0.15, 0.2) is 9.84 Å². The molecule has 0 amide bonds. The third-order valence-corrected chi connectivity index (χ3v) is 5.80. The van der Waals surface area contributed by atoms with Crippen LogP contribution in [0.15, 0.2) is 29.2 Å². The summed E-state index contributed by atoms with van der Waals surface area (Å²) in [6, 6.07) is 7.70. The monoisotopic (exact) mass is 293 g/mol. The lowest BCUT2D eigenvalue weighted by molar-refractivity contribution is 0.303. The molecule has 2 aliphatic carbocycles. The van der Waals surface area contributed by atoms with Crippen LogP contribution in [0.3, 0.4) is 0 Å². The lowest BCUT2D eigenvalue weighted by Crippen LogP contribution is -2.28. The molecule has 0 heterocycles. The van der Waals surface area contributed by atoms with Gasteiger partial charge in [0.2, 0.25) is 0 Å². The number of hydrogen-bond acceptors (Lipinski definition) is 3. The zero-order chi connectivity index (χ0) is 14.2. The Hall–Kier alpha value is -1.03. The second kappa shape index (κ2) is 5.40. The number of hydrogen-bond donors (Lipinski definition) is 1. The van der Waals surface area contributed by atoms with Crippen LogP contribution in [-0.2, 0) is 9.84 Å². The van der Waals surface area contributed by atoms with Crippen molar-refractivity contribution < 1.29 is 8.42 Å². The smallest absolute Gasteiger partial charge is 0.177 e. The molecule has 1 aromatic rings. The molecule has 0 spiro atoms. The predicted octanol–water partition coefficient (Wildman–Crippen LogP) is 3.47. The van der Waals surface area contributed by atoms with Gasteiger partial charge in [0.05, 0.1) is 10.6 Å². The zero-order valence-electron chi connectivity index (χ0n) is 12.0. The number of para-hydroxylation sites is 1. The van der Waals surface area contributed by atoms with Crippen LogP contribution in [0.2, 0.25) is 0 Å². The fourth-order valence-corrected chi connectivity index (χ4v) is 4.34. The average molecular weight is 293 g/mol. The van der Waals surface area contributed by atoms with E-state index in [2.05, 4.69) is 5.32 Å². The van der Waals surface area contributed by atoms with Gasteiger partial charge in [-0.15, -0.1) is 0 Å². The maximum absolute atomic E-state index is 11.8. The molecule has 3 rings (SSSR count). The van der Waals surface area contributed by atoms with E-state index in [-0.39, 0.29) is 0 Å². The van der Waals surface area contributed by atoms with Crippen LogP contribution in [0.25, 0.3) is 0 Å². The van der Waals surface area contributed by atoms with Crippen LogP contribution in [0.5, 0.6) is 0 Å². The van der Waals surface area contributed by atoms with Gasteiger partial charge in [0.25, 0.3) is 0 Å². The first-order valence-electron chi connectivity index (χ1n) is 7.59. The van der Waals surface area contributed by atoms with Crippen molar-refractivity contribution in [1.29, 1.82) is 0 Å². The van der Waals surface area contributed by atoms with E-state index in [1.165, 1.54) is 38.4 Å². The maximum Gasteiger partial charge on any atom is 0.177 e. The molecule has 20 heavy (non-hydrogen) atoms. The molecule has 0 radical (unpaired) electrons. The fourth-order valence-electron chi connectivity index (χ4n) is 3.48. The van der Waals surface area contributed by atoms with E-state index < -0.39 is 9.84 Å². The second-order valence-corrected chi connectivity index (χ2v) is 8.36. The van der Waals surface area contributed by atoms with Crippen LogP contribution in [0.1, 0.15) is 38.5 Å². The first-order chi connectivity index (χ1) is 9.54. The molecule has 2 saturated carbocycles. The SMILES string of the molecule is CS(=O)(=O)c1ccccc1NC1CCCC(C2CC2)C1. The normalized spacial score (nSPS) is 27.2. The predicted molar refractivity (Wildman–Crippen MR) is 81.6 cm³/mol. The summed E-state index contributed by atoms with van der Waals surface area (Å²) in [5.41, 5.74) is 0.774. The summed E-state index contributed by atoms with van der Waals surface area (Å²) in [6.45, 7) is 0. The Bertz CT molecular complexity index is 578. The largest absolute Gasteiger partial charge is 0.381 e. The third-order valence-electron chi connectivity index (χ3n) is 4.65. The Balaban J connectivity index is 1.74. The summed E-state index contributed by atoms with van der Waals surface area (Å²) in [7, 11) is -3.16. The summed E-state index contributed by atoms with van der Waals surface area (Å²) in [5.74, 6) is 1.80. The standard InChI is InChI=1S/C16H23NO2S/c1-20(18,19)16-8-3-2-7-15(16)17-14-6-4-5-13(11-14)12-9-10-12/h2-3,7-8,12-14,17H,4-6,9-11H2,1H3. The van der Waals surface area contributed by atoms with Crippen molar-refractivity contribution in [3.8, 4) is 0 Å². The van der Waals surface area contributed by atoms with Crippen molar-refractivity contribution >= 4 is 15.5 Å². The summed E-state index contributed by atoms with van der Waals surface area (Å²) in [6.07, 6.45) is 9.05. The zero-order valence-corrected chi connectivity index (χ0v) is 12.8. The minimum Gasteiger partial charge on any atom is -0.381 e. The summed E-state index contributed by atoms with van der Waals surface area (Å²) in [5, 5.41) is 3.49. The molecule has 1 aromatic carbocycles. The van der Waals surface area contributed by atoms with Gasteiger partial charge < -0.3 is 5.32 Å². The number of nitrogens with one attached hydrogen (secondary N) is 1. The molecule has 0 aromatic heterocycles. The van der Waals surface area contributed by atoms with E-state index in [1.807, 2.05) is 12.1 Å². The Morgan fingerprint density at radius 2 is 1.80 bits per heavy atom. The highest BCUT2D eigenvalue weighted by Gasteiger charge is 2.34. The van der Waals surface area contributed by atoms with E-state index in [9.17, 15) is 8.42 Å².